The topological polar surface area (TPSA) is 54.0 Å². The van der Waals surface area contributed by atoms with Gasteiger partial charge in [0.2, 0.25) is 5.91 Å². The number of halogens is 1. The molecule has 0 aliphatic carbocycles. The summed E-state index contributed by atoms with van der Waals surface area (Å²) in [5, 5.41) is 9.41. The molecule has 2 N–H and O–H groups in total. The van der Waals surface area contributed by atoms with E-state index in [4.69, 9.17) is 0 Å². The molecule has 20 heavy (non-hydrogen) atoms. The number of hydrogen-bond donors (Lipinski definition) is 2. The molecule has 6 heteroatoms. The Morgan fingerprint density at radius 2 is 2.30 bits per heavy atom. The Morgan fingerprint density at radius 1 is 1.55 bits per heavy atom. The highest BCUT2D eigenvalue weighted by molar-refractivity contribution is 7.09. The fourth-order valence-electron chi connectivity index (χ4n) is 2.09. The second kappa shape index (κ2) is 7.38. The van der Waals surface area contributed by atoms with Gasteiger partial charge in [-0.25, -0.2) is 4.98 Å². The number of rotatable bonds is 4. The van der Waals surface area contributed by atoms with E-state index in [2.05, 4.69) is 41.8 Å². The molecule has 1 aliphatic heterocycles. The highest BCUT2D eigenvalue weighted by Gasteiger charge is 2.21. The fraction of sp³-hybridized carbons (Fsp3) is 0.714. The number of amides is 1. The van der Waals surface area contributed by atoms with Crippen LogP contribution in [0.4, 0.5) is 0 Å². The first-order chi connectivity index (χ1) is 8.97. The standard InChI is InChI=1S/C14H23N3OS.ClH/c1-14(2,3)11-9-19-12(17-11)6-8-16-13(18)10-5-4-7-15-10;/h9-10,15H,4-8H2,1-3H3,(H,16,18);1H. The molecule has 0 radical (unpaired) electrons. The first-order valence-electron chi connectivity index (χ1n) is 6.93. The predicted molar refractivity (Wildman–Crippen MR) is 85.8 cm³/mol. The minimum absolute atomic E-state index is 0. The van der Waals surface area contributed by atoms with Crippen LogP contribution in [0.1, 0.15) is 44.3 Å². The Balaban J connectivity index is 0.00000200. The highest BCUT2D eigenvalue weighted by atomic mass is 35.5. The summed E-state index contributed by atoms with van der Waals surface area (Å²) in [6, 6.07) is 0.0152. The number of hydrogen-bond acceptors (Lipinski definition) is 4. The monoisotopic (exact) mass is 317 g/mol. The molecule has 1 fully saturated rings. The summed E-state index contributed by atoms with van der Waals surface area (Å²) in [7, 11) is 0. The van der Waals surface area contributed by atoms with E-state index in [0.717, 1.165) is 36.5 Å². The zero-order chi connectivity index (χ0) is 13.9. The molecular weight excluding hydrogens is 294 g/mol. The Bertz CT molecular complexity index is 436. The molecule has 1 amide bonds. The van der Waals surface area contributed by atoms with Crippen molar-refractivity contribution in [2.24, 2.45) is 0 Å². The maximum absolute atomic E-state index is 11.8. The van der Waals surface area contributed by atoms with Gasteiger partial charge in [0.1, 0.15) is 0 Å². The Hall–Kier alpha value is -0.650. The number of aromatic nitrogens is 1. The third kappa shape index (κ3) is 4.72. The van der Waals surface area contributed by atoms with Crippen molar-refractivity contribution in [3.05, 3.63) is 16.1 Å². The summed E-state index contributed by atoms with van der Waals surface area (Å²) in [5.41, 5.74) is 1.24. The van der Waals surface area contributed by atoms with Crippen LogP contribution in [-0.2, 0) is 16.6 Å². The predicted octanol–water partition coefficient (Wildman–Crippen LogP) is 2.27. The second-order valence-corrected chi connectivity index (χ2v) is 7.01. The number of carbonyl (C=O) groups is 1. The minimum Gasteiger partial charge on any atom is -0.354 e. The van der Waals surface area contributed by atoms with Crippen LogP contribution < -0.4 is 10.6 Å². The molecule has 0 bridgehead atoms. The van der Waals surface area contributed by atoms with Crippen molar-refractivity contribution in [1.29, 1.82) is 0 Å². The molecule has 1 unspecified atom stereocenters. The van der Waals surface area contributed by atoms with Crippen LogP contribution in [0.25, 0.3) is 0 Å². The van der Waals surface area contributed by atoms with E-state index in [1.165, 1.54) is 0 Å². The van der Waals surface area contributed by atoms with Crippen molar-refractivity contribution in [2.45, 2.75) is 51.5 Å². The number of thiazole rings is 1. The molecule has 1 saturated heterocycles. The van der Waals surface area contributed by atoms with Crippen LogP contribution in [0.2, 0.25) is 0 Å². The van der Waals surface area contributed by atoms with Crippen LogP contribution in [0.5, 0.6) is 0 Å². The van der Waals surface area contributed by atoms with Gasteiger partial charge in [-0.3, -0.25) is 4.79 Å². The van der Waals surface area contributed by atoms with Gasteiger partial charge in [0.15, 0.2) is 0 Å². The van der Waals surface area contributed by atoms with E-state index >= 15 is 0 Å². The molecule has 1 aromatic heterocycles. The fourth-order valence-corrected chi connectivity index (χ4v) is 3.12. The van der Waals surface area contributed by atoms with E-state index in [1.54, 1.807) is 11.3 Å². The maximum Gasteiger partial charge on any atom is 0.237 e. The zero-order valence-corrected chi connectivity index (χ0v) is 14.0. The molecule has 1 aromatic rings. The number of nitrogens with one attached hydrogen (secondary N) is 2. The molecule has 114 valence electrons. The molecular formula is C14H24ClN3OS. The summed E-state index contributed by atoms with van der Waals surface area (Å²) in [4.78, 5) is 16.4. The van der Waals surface area contributed by atoms with Crippen molar-refractivity contribution in [3.8, 4) is 0 Å². The average molecular weight is 318 g/mol. The average Bonchev–Trinajstić information content (AvgIpc) is 2.99. The number of nitrogens with zero attached hydrogens (tertiary/aromatic N) is 1. The molecule has 0 saturated carbocycles. The SMILES string of the molecule is CC(C)(C)c1csc(CCNC(=O)C2CCCN2)n1.Cl. The van der Waals surface area contributed by atoms with E-state index in [-0.39, 0.29) is 29.8 Å². The first-order valence-corrected chi connectivity index (χ1v) is 7.81. The van der Waals surface area contributed by atoms with Gasteiger partial charge >= 0.3 is 0 Å². The van der Waals surface area contributed by atoms with E-state index in [1.807, 2.05) is 0 Å². The van der Waals surface area contributed by atoms with Gasteiger partial charge in [0.05, 0.1) is 16.7 Å². The Labute approximate surface area is 131 Å². The summed E-state index contributed by atoms with van der Waals surface area (Å²) in [6.07, 6.45) is 2.87. The Kier molecular flexibility index (Phi) is 6.43. The van der Waals surface area contributed by atoms with Crippen molar-refractivity contribution in [1.82, 2.24) is 15.6 Å². The zero-order valence-electron chi connectivity index (χ0n) is 12.4. The third-order valence-electron chi connectivity index (χ3n) is 3.34. The quantitative estimate of drug-likeness (QED) is 0.895. The summed E-state index contributed by atoms with van der Waals surface area (Å²) in [6.45, 7) is 8.13. The molecule has 1 atom stereocenters. The molecule has 4 nitrogen and oxygen atoms in total. The molecule has 0 spiro atoms. The molecule has 1 aliphatic rings. The van der Waals surface area contributed by atoms with Crippen LogP contribution in [0.15, 0.2) is 5.38 Å². The smallest absolute Gasteiger partial charge is 0.237 e. The molecule has 0 aromatic carbocycles. The van der Waals surface area contributed by atoms with Crippen LogP contribution in [0, 0.1) is 0 Å². The van der Waals surface area contributed by atoms with E-state index in [9.17, 15) is 4.79 Å². The lowest BCUT2D eigenvalue weighted by Crippen LogP contribution is -2.41. The van der Waals surface area contributed by atoms with Gasteiger partial charge in [-0.2, -0.15) is 0 Å². The largest absolute Gasteiger partial charge is 0.354 e. The summed E-state index contributed by atoms with van der Waals surface area (Å²) >= 11 is 1.68. The summed E-state index contributed by atoms with van der Waals surface area (Å²) < 4.78 is 0. The minimum atomic E-state index is 0. The normalized spacial score (nSPS) is 18.6. The lowest BCUT2D eigenvalue weighted by atomic mass is 9.93. The van der Waals surface area contributed by atoms with Crippen LogP contribution in [0.3, 0.4) is 0 Å². The second-order valence-electron chi connectivity index (χ2n) is 6.07. The molecule has 2 heterocycles. The lowest BCUT2D eigenvalue weighted by molar-refractivity contribution is -0.122. The van der Waals surface area contributed by atoms with E-state index in [0.29, 0.717) is 6.54 Å². The molecule has 2 rings (SSSR count). The van der Waals surface area contributed by atoms with Gasteiger partial charge in [-0.1, -0.05) is 20.8 Å². The van der Waals surface area contributed by atoms with Gasteiger partial charge in [0.25, 0.3) is 0 Å². The van der Waals surface area contributed by atoms with Gasteiger partial charge in [0, 0.05) is 23.8 Å². The van der Waals surface area contributed by atoms with Gasteiger partial charge < -0.3 is 10.6 Å². The van der Waals surface area contributed by atoms with Crippen molar-refractivity contribution < 1.29 is 4.79 Å². The van der Waals surface area contributed by atoms with Gasteiger partial charge in [-0.15, -0.1) is 23.7 Å². The highest BCUT2D eigenvalue weighted by Crippen LogP contribution is 2.23. The van der Waals surface area contributed by atoms with Crippen LogP contribution in [-0.4, -0.2) is 30.0 Å². The Morgan fingerprint density at radius 3 is 2.85 bits per heavy atom. The third-order valence-corrected chi connectivity index (χ3v) is 4.24. The first kappa shape index (κ1) is 17.4. The van der Waals surface area contributed by atoms with E-state index < -0.39 is 0 Å². The lowest BCUT2D eigenvalue weighted by Gasteiger charge is -2.14. The van der Waals surface area contributed by atoms with Crippen molar-refractivity contribution in [2.75, 3.05) is 13.1 Å². The van der Waals surface area contributed by atoms with Crippen molar-refractivity contribution in [3.63, 3.8) is 0 Å². The number of carbonyl (C=O) groups excluding carboxylic acids is 1. The van der Waals surface area contributed by atoms with Crippen molar-refractivity contribution >= 4 is 29.7 Å². The maximum atomic E-state index is 11.8. The van der Waals surface area contributed by atoms with Gasteiger partial charge in [-0.05, 0) is 19.4 Å². The van der Waals surface area contributed by atoms with Crippen LogP contribution >= 0.6 is 23.7 Å². The summed E-state index contributed by atoms with van der Waals surface area (Å²) in [5.74, 6) is 0.130.